The lowest BCUT2D eigenvalue weighted by molar-refractivity contribution is 0.0698. The highest BCUT2D eigenvalue weighted by molar-refractivity contribution is 7.89. The molecule has 1 aromatic rings. The first-order chi connectivity index (χ1) is 9.49. The first kappa shape index (κ1) is 14.0. The summed E-state index contributed by atoms with van der Waals surface area (Å²) >= 11 is 0.937. The smallest absolute Gasteiger partial charge is 0.347 e. The van der Waals surface area contributed by atoms with Gasteiger partial charge in [0.1, 0.15) is 9.77 Å². The van der Waals surface area contributed by atoms with Crippen molar-refractivity contribution in [2.75, 3.05) is 6.54 Å². The number of carboxylic acids is 1. The predicted octanol–water partition coefficient (Wildman–Crippen LogP) is 2.16. The predicted molar refractivity (Wildman–Crippen MR) is 75.4 cm³/mol. The number of nitrogens with one attached hydrogen (secondary N) is 1. The van der Waals surface area contributed by atoms with Crippen molar-refractivity contribution >= 4 is 27.3 Å². The Bertz CT molecular complexity index is 602. The molecule has 2 aliphatic rings. The summed E-state index contributed by atoms with van der Waals surface area (Å²) in [6, 6.07) is 1.36. The topological polar surface area (TPSA) is 83.5 Å². The molecule has 0 aromatic carbocycles. The minimum Gasteiger partial charge on any atom is -0.477 e. The minimum atomic E-state index is -3.72. The highest BCUT2D eigenvalue weighted by Crippen LogP contribution is 2.48. The summed E-state index contributed by atoms with van der Waals surface area (Å²) in [6.07, 6.45) is 4.78. The van der Waals surface area contributed by atoms with Crippen LogP contribution in [0.3, 0.4) is 0 Å². The Balaban J connectivity index is 1.71. The maximum atomic E-state index is 12.2. The van der Waals surface area contributed by atoms with Gasteiger partial charge in [0, 0.05) is 6.54 Å². The standard InChI is InChI=1S/C13H17NO4S2/c15-13(16)12-11(5-6-19-12)20(17,18)14-7-10(8-1-2-8)9-3-4-9/h5-6,8-10,14H,1-4,7H2,(H,15,16). The van der Waals surface area contributed by atoms with Crippen LogP contribution in [-0.4, -0.2) is 26.0 Å². The Labute approximate surface area is 122 Å². The molecule has 0 bridgehead atoms. The summed E-state index contributed by atoms with van der Waals surface area (Å²) in [5.74, 6) is 0.552. The van der Waals surface area contributed by atoms with Crippen LogP contribution in [-0.2, 0) is 10.0 Å². The number of thiophene rings is 1. The minimum absolute atomic E-state index is 0.111. The monoisotopic (exact) mass is 315 g/mol. The van der Waals surface area contributed by atoms with Gasteiger partial charge in [0.15, 0.2) is 0 Å². The largest absolute Gasteiger partial charge is 0.477 e. The Morgan fingerprint density at radius 1 is 1.35 bits per heavy atom. The molecular formula is C13H17NO4S2. The Hall–Kier alpha value is -0.920. The molecule has 7 heteroatoms. The lowest BCUT2D eigenvalue weighted by Gasteiger charge is -2.16. The third-order valence-electron chi connectivity index (χ3n) is 4.08. The molecule has 2 aliphatic carbocycles. The third-order valence-corrected chi connectivity index (χ3v) is 6.57. The molecule has 0 unspecified atom stereocenters. The van der Waals surface area contributed by atoms with E-state index >= 15 is 0 Å². The Morgan fingerprint density at radius 3 is 2.45 bits per heavy atom. The normalized spacial score (nSPS) is 19.4. The van der Waals surface area contributed by atoms with Crippen LogP contribution in [0.5, 0.6) is 0 Å². The third kappa shape index (κ3) is 2.89. The second-order valence-electron chi connectivity index (χ2n) is 5.61. The second kappa shape index (κ2) is 5.13. The molecule has 0 saturated heterocycles. The van der Waals surface area contributed by atoms with Crippen LogP contribution in [0.2, 0.25) is 0 Å². The van der Waals surface area contributed by atoms with E-state index < -0.39 is 16.0 Å². The number of aromatic carboxylic acids is 1. The van der Waals surface area contributed by atoms with Crippen LogP contribution in [0.4, 0.5) is 0 Å². The molecule has 1 heterocycles. The van der Waals surface area contributed by atoms with Crippen LogP contribution in [0, 0.1) is 17.8 Å². The van der Waals surface area contributed by atoms with E-state index in [1.165, 1.54) is 37.1 Å². The number of sulfonamides is 1. The van der Waals surface area contributed by atoms with E-state index in [4.69, 9.17) is 5.11 Å². The van der Waals surface area contributed by atoms with Gasteiger partial charge in [-0.1, -0.05) is 0 Å². The molecule has 110 valence electrons. The Kier molecular flexibility index (Phi) is 3.60. The summed E-state index contributed by atoms with van der Waals surface area (Å²) in [5.41, 5.74) is 0. The number of carbonyl (C=O) groups is 1. The average Bonchev–Trinajstić information content (AvgIpc) is 3.30. The average molecular weight is 315 g/mol. The molecule has 3 rings (SSSR count). The quantitative estimate of drug-likeness (QED) is 0.807. The van der Waals surface area contributed by atoms with E-state index in [2.05, 4.69) is 4.72 Å². The van der Waals surface area contributed by atoms with Crippen LogP contribution in [0.15, 0.2) is 16.3 Å². The van der Waals surface area contributed by atoms with Crippen molar-refractivity contribution in [1.82, 2.24) is 4.72 Å². The van der Waals surface area contributed by atoms with Crippen LogP contribution in [0.25, 0.3) is 0 Å². The summed E-state index contributed by atoms with van der Waals surface area (Å²) in [6.45, 7) is 0.437. The summed E-state index contributed by atoms with van der Waals surface area (Å²) in [7, 11) is -3.72. The van der Waals surface area contributed by atoms with Crippen molar-refractivity contribution in [2.24, 2.45) is 17.8 Å². The van der Waals surface area contributed by atoms with E-state index in [9.17, 15) is 13.2 Å². The molecule has 2 N–H and O–H groups in total. The van der Waals surface area contributed by atoms with Crippen LogP contribution >= 0.6 is 11.3 Å². The highest BCUT2D eigenvalue weighted by Gasteiger charge is 2.41. The molecule has 5 nitrogen and oxygen atoms in total. The second-order valence-corrected chi connectivity index (χ2v) is 8.26. The van der Waals surface area contributed by atoms with Crippen molar-refractivity contribution in [1.29, 1.82) is 0 Å². The first-order valence-corrected chi connectivity index (χ1v) is 9.16. The van der Waals surface area contributed by atoms with Crippen molar-refractivity contribution in [3.05, 3.63) is 16.3 Å². The summed E-state index contributed by atoms with van der Waals surface area (Å²) in [5, 5.41) is 10.5. The summed E-state index contributed by atoms with van der Waals surface area (Å²) < 4.78 is 27.1. The van der Waals surface area contributed by atoms with Gasteiger partial charge in [-0.05, 0) is 54.9 Å². The molecule has 0 aliphatic heterocycles. The van der Waals surface area contributed by atoms with Gasteiger partial charge in [0.2, 0.25) is 10.0 Å². The molecule has 0 spiro atoms. The van der Waals surface area contributed by atoms with Crippen molar-refractivity contribution < 1.29 is 18.3 Å². The van der Waals surface area contributed by atoms with Gasteiger partial charge in [0.25, 0.3) is 0 Å². The van der Waals surface area contributed by atoms with E-state index in [0.717, 1.165) is 11.3 Å². The maximum absolute atomic E-state index is 12.2. The number of carboxylic acid groups (broad SMARTS) is 1. The fourth-order valence-corrected chi connectivity index (χ4v) is 5.05. The Morgan fingerprint density at radius 2 is 1.95 bits per heavy atom. The van der Waals surface area contributed by atoms with Gasteiger partial charge in [-0.15, -0.1) is 11.3 Å². The summed E-state index contributed by atoms with van der Waals surface area (Å²) in [4.78, 5) is 10.8. The van der Waals surface area contributed by atoms with Crippen LogP contribution in [0.1, 0.15) is 35.4 Å². The van der Waals surface area contributed by atoms with E-state index in [1.54, 1.807) is 0 Å². The van der Waals surface area contributed by atoms with E-state index in [1.807, 2.05) is 0 Å². The number of rotatable bonds is 7. The van der Waals surface area contributed by atoms with E-state index in [-0.39, 0.29) is 9.77 Å². The molecule has 0 amide bonds. The molecule has 2 fully saturated rings. The zero-order valence-electron chi connectivity index (χ0n) is 10.9. The molecule has 20 heavy (non-hydrogen) atoms. The lowest BCUT2D eigenvalue weighted by atomic mass is 9.99. The fraction of sp³-hybridized carbons (Fsp3) is 0.615. The van der Waals surface area contributed by atoms with Gasteiger partial charge >= 0.3 is 5.97 Å². The van der Waals surface area contributed by atoms with Gasteiger partial charge in [-0.2, -0.15) is 0 Å². The van der Waals surface area contributed by atoms with Crippen LogP contribution < -0.4 is 4.72 Å². The maximum Gasteiger partial charge on any atom is 0.347 e. The lowest BCUT2D eigenvalue weighted by Crippen LogP contribution is -2.31. The molecule has 2 saturated carbocycles. The van der Waals surface area contributed by atoms with E-state index in [0.29, 0.717) is 24.3 Å². The molecule has 0 radical (unpaired) electrons. The van der Waals surface area contributed by atoms with Crippen molar-refractivity contribution in [3.63, 3.8) is 0 Å². The molecular weight excluding hydrogens is 298 g/mol. The van der Waals surface area contributed by atoms with Crippen molar-refractivity contribution in [2.45, 2.75) is 30.6 Å². The molecule has 0 atom stereocenters. The zero-order chi connectivity index (χ0) is 14.3. The van der Waals surface area contributed by atoms with Crippen molar-refractivity contribution in [3.8, 4) is 0 Å². The molecule has 1 aromatic heterocycles. The fourth-order valence-electron chi connectivity index (χ4n) is 2.72. The zero-order valence-corrected chi connectivity index (χ0v) is 12.5. The van der Waals surface area contributed by atoms with Gasteiger partial charge in [0.05, 0.1) is 0 Å². The highest BCUT2D eigenvalue weighted by atomic mass is 32.2. The van der Waals surface area contributed by atoms with Gasteiger partial charge in [-0.25, -0.2) is 17.9 Å². The first-order valence-electron chi connectivity index (χ1n) is 6.79. The number of hydrogen-bond acceptors (Lipinski definition) is 4. The SMILES string of the molecule is O=C(O)c1sccc1S(=O)(=O)NCC(C1CC1)C1CC1. The van der Waals surface area contributed by atoms with Gasteiger partial charge < -0.3 is 5.11 Å². The number of hydrogen-bond donors (Lipinski definition) is 2. The van der Waals surface area contributed by atoms with Gasteiger partial charge in [-0.3, -0.25) is 0 Å².